The molecule has 0 atom stereocenters. The van der Waals surface area contributed by atoms with Gasteiger partial charge >= 0.3 is 5.97 Å². The summed E-state index contributed by atoms with van der Waals surface area (Å²) in [6, 6.07) is 5.25. The Morgan fingerprint density at radius 2 is 1.46 bits per heavy atom. The van der Waals surface area contributed by atoms with E-state index in [-0.39, 0.29) is 5.97 Å². The van der Waals surface area contributed by atoms with Crippen LogP contribution in [-0.4, -0.2) is 26.8 Å². The van der Waals surface area contributed by atoms with E-state index in [9.17, 15) is 4.79 Å². The van der Waals surface area contributed by atoms with Crippen LogP contribution in [0, 0.1) is 5.92 Å². The summed E-state index contributed by atoms with van der Waals surface area (Å²) in [5.41, 5.74) is 0.358. The molecular weight excluding hydrogens is 304 g/mol. The SMILES string of the molecule is COc1cccc(OC)c1C(=O)OCCCCCCCCC(C)C. The minimum absolute atomic E-state index is 0.358. The van der Waals surface area contributed by atoms with Crippen LogP contribution in [0.2, 0.25) is 0 Å². The maximum atomic E-state index is 12.3. The van der Waals surface area contributed by atoms with Gasteiger partial charge in [0.15, 0.2) is 0 Å². The van der Waals surface area contributed by atoms with Gasteiger partial charge in [0.25, 0.3) is 0 Å². The maximum Gasteiger partial charge on any atom is 0.345 e. The first-order valence-electron chi connectivity index (χ1n) is 8.98. The van der Waals surface area contributed by atoms with Crippen LogP contribution in [-0.2, 0) is 4.74 Å². The highest BCUT2D eigenvalue weighted by atomic mass is 16.5. The van der Waals surface area contributed by atoms with E-state index < -0.39 is 0 Å². The number of carbonyl (C=O) groups is 1. The van der Waals surface area contributed by atoms with E-state index in [1.807, 2.05) is 0 Å². The van der Waals surface area contributed by atoms with Crippen LogP contribution >= 0.6 is 0 Å². The van der Waals surface area contributed by atoms with E-state index in [1.165, 1.54) is 46.3 Å². The van der Waals surface area contributed by atoms with Crippen LogP contribution in [0.25, 0.3) is 0 Å². The summed E-state index contributed by atoms with van der Waals surface area (Å²) in [4.78, 5) is 12.3. The Morgan fingerprint density at radius 3 is 2.00 bits per heavy atom. The second-order valence-electron chi connectivity index (χ2n) is 6.48. The van der Waals surface area contributed by atoms with E-state index in [1.54, 1.807) is 18.2 Å². The third kappa shape index (κ3) is 7.24. The fourth-order valence-corrected chi connectivity index (χ4v) is 2.65. The summed E-state index contributed by atoms with van der Waals surface area (Å²) in [6.07, 6.45) is 8.40. The zero-order chi connectivity index (χ0) is 17.8. The molecule has 136 valence electrons. The molecule has 4 heteroatoms. The number of benzene rings is 1. The predicted molar refractivity (Wildman–Crippen MR) is 97.0 cm³/mol. The van der Waals surface area contributed by atoms with Crippen molar-refractivity contribution in [2.75, 3.05) is 20.8 Å². The number of hydrogen-bond acceptors (Lipinski definition) is 4. The smallest absolute Gasteiger partial charge is 0.345 e. The van der Waals surface area contributed by atoms with Gasteiger partial charge in [0.05, 0.1) is 20.8 Å². The summed E-state index contributed by atoms with van der Waals surface area (Å²) in [6.45, 7) is 4.97. The Morgan fingerprint density at radius 1 is 0.917 bits per heavy atom. The first-order chi connectivity index (χ1) is 11.6. The Labute approximate surface area is 146 Å². The number of ether oxygens (including phenoxy) is 3. The Kier molecular flexibility index (Phi) is 9.97. The standard InChI is InChI=1S/C20H32O4/c1-16(2)12-9-7-5-6-8-10-15-24-20(21)19-17(22-3)13-11-14-18(19)23-4/h11,13-14,16H,5-10,12,15H2,1-4H3. The second kappa shape index (κ2) is 11.8. The van der Waals surface area contributed by atoms with Gasteiger partial charge in [-0.2, -0.15) is 0 Å². The molecule has 1 rings (SSSR count). The van der Waals surface area contributed by atoms with Crippen molar-refractivity contribution in [3.05, 3.63) is 23.8 Å². The molecule has 0 saturated heterocycles. The second-order valence-corrected chi connectivity index (χ2v) is 6.48. The molecule has 0 spiro atoms. The number of unbranched alkanes of at least 4 members (excludes halogenated alkanes) is 5. The third-order valence-electron chi connectivity index (χ3n) is 4.04. The zero-order valence-corrected chi connectivity index (χ0v) is 15.6. The monoisotopic (exact) mass is 336 g/mol. The van der Waals surface area contributed by atoms with Gasteiger partial charge in [-0.1, -0.05) is 58.4 Å². The summed E-state index contributed by atoms with van der Waals surface area (Å²) in [7, 11) is 3.07. The number of methoxy groups -OCH3 is 2. The number of esters is 1. The van der Waals surface area contributed by atoms with Crippen molar-refractivity contribution < 1.29 is 19.0 Å². The van der Waals surface area contributed by atoms with Crippen molar-refractivity contribution >= 4 is 5.97 Å². The minimum atomic E-state index is -0.388. The summed E-state index contributed by atoms with van der Waals surface area (Å²) >= 11 is 0. The predicted octanol–water partition coefficient (Wildman–Crippen LogP) is 5.25. The molecule has 0 radical (unpaired) electrons. The largest absolute Gasteiger partial charge is 0.496 e. The molecule has 1 aromatic rings. The molecule has 4 nitrogen and oxygen atoms in total. The van der Waals surface area contributed by atoms with Gasteiger partial charge in [-0.3, -0.25) is 0 Å². The number of rotatable bonds is 12. The first kappa shape index (κ1) is 20.3. The van der Waals surface area contributed by atoms with Gasteiger partial charge in [-0.25, -0.2) is 4.79 Å². The topological polar surface area (TPSA) is 44.8 Å². The fourth-order valence-electron chi connectivity index (χ4n) is 2.65. The van der Waals surface area contributed by atoms with Crippen molar-refractivity contribution in [3.63, 3.8) is 0 Å². The Balaban J connectivity index is 2.25. The Hall–Kier alpha value is -1.71. The van der Waals surface area contributed by atoms with Crippen molar-refractivity contribution in [1.29, 1.82) is 0 Å². The average Bonchev–Trinajstić information content (AvgIpc) is 2.58. The van der Waals surface area contributed by atoms with E-state index in [2.05, 4.69) is 13.8 Å². The van der Waals surface area contributed by atoms with E-state index >= 15 is 0 Å². The summed E-state index contributed by atoms with van der Waals surface area (Å²) in [5, 5.41) is 0. The number of carbonyl (C=O) groups excluding carboxylic acids is 1. The Bertz CT molecular complexity index is 460. The average molecular weight is 336 g/mol. The molecule has 0 aromatic heterocycles. The van der Waals surface area contributed by atoms with Gasteiger partial charge in [0.1, 0.15) is 17.1 Å². The van der Waals surface area contributed by atoms with Crippen molar-refractivity contribution in [1.82, 2.24) is 0 Å². The van der Waals surface area contributed by atoms with E-state index in [0.717, 1.165) is 18.8 Å². The van der Waals surface area contributed by atoms with Crippen molar-refractivity contribution in [2.24, 2.45) is 5.92 Å². The van der Waals surface area contributed by atoms with Gasteiger partial charge in [0.2, 0.25) is 0 Å². The molecule has 0 saturated carbocycles. The highest BCUT2D eigenvalue weighted by molar-refractivity contribution is 5.95. The van der Waals surface area contributed by atoms with Crippen molar-refractivity contribution in [2.45, 2.75) is 58.8 Å². The van der Waals surface area contributed by atoms with Crippen LogP contribution in [0.4, 0.5) is 0 Å². The molecule has 0 bridgehead atoms. The van der Waals surface area contributed by atoms with Crippen LogP contribution in [0.15, 0.2) is 18.2 Å². The molecule has 0 aliphatic heterocycles. The van der Waals surface area contributed by atoms with Crippen LogP contribution in [0.3, 0.4) is 0 Å². The maximum absolute atomic E-state index is 12.3. The van der Waals surface area contributed by atoms with Crippen LogP contribution < -0.4 is 9.47 Å². The fraction of sp³-hybridized carbons (Fsp3) is 0.650. The zero-order valence-electron chi connectivity index (χ0n) is 15.6. The quantitative estimate of drug-likeness (QED) is 0.386. The normalized spacial score (nSPS) is 10.7. The van der Waals surface area contributed by atoms with Crippen molar-refractivity contribution in [3.8, 4) is 11.5 Å². The lowest BCUT2D eigenvalue weighted by molar-refractivity contribution is 0.0490. The molecular formula is C20H32O4. The summed E-state index contributed by atoms with van der Waals surface area (Å²) in [5.74, 6) is 1.37. The molecule has 0 heterocycles. The highest BCUT2D eigenvalue weighted by Gasteiger charge is 2.19. The minimum Gasteiger partial charge on any atom is -0.496 e. The number of hydrogen-bond donors (Lipinski definition) is 0. The molecule has 24 heavy (non-hydrogen) atoms. The molecule has 0 N–H and O–H groups in total. The molecule has 0 fully saturated rings. The lowest BCUT2D eigenvalue weighted by atomic mass is 10.0. The lowest BCUT2D eigenvalue weighted by Crippen LogP contribution is -2.10. The van der Waals surface area contributed by atoms with Gasteiger partial charge < -0.3 is 14.2 Å². The van der Waals surface area contributed by atoms with E-state index in [0.29, 0.717) is 23.7 Å². The van der Waals surface area contributed by atoms with Gasteiger partial charge in [0, 0.05) is 0 Å². The van der Waals surface area contributed by atoms with Gasteiger partial charge in [-0.15, -0.1) is 0 Å². The third-order valence-corrected chi connectivity index (χ3v) is 4.04. The van der Waals surface area contributed by atoms with Crippen LogP contribution in [0.1, 0.15) is 69.2 Å². The van der Waals surface area contributed by atoms with Gasteiger partial charge in [-0.05, 0) is 24.5 Å². The highest BCUT2D eigenvalue weighted by Crippen LogP contribution is 2.28. The molecule has 0 amide bonds. The molecule has 0 unspecified atom stereocenters. The summed E-state index contributed by atoms with van der Waals surface area (Å²) < 4.78 is 15.8. The van der Waals surface area contributed by atoms with Crippen LogP contribution in [0.5, 0.6) is 11.5 Å². The lowest BCUT2D eigenvalue weighted by Gasteiger charge is -2.12. The first-order valence-corrected chi connectivity index (χ1v) is 8.98. The molecule has 1 aromatic carbocycles. The van der Waals surface area contributed by atoms with E-state index in [4.69, 9.17) is 14.2 Å². The molecule has 0 aliphatic rings. The molecule has 0 aliphatic carbocycles.